The van der Waals surface area contributed by atoms with E-state index in [1.54, 1.807) is 17.0 Å². The van der Waals surface area contributed by atoms with Gasteiger partial charge < -0.3 is 10.6 Å². The van der Waals surface area contributed by atoms with Crippen molar-refractivity contribution in [3.05, 3.63) is 35.6 Å². The van der Waals surface area contributed by atoms with Crippen LogP contribution in [0.2, 0.25) is 0 Å². The van der Waals surface area contributed by atoms with E-state index in [1.807, 2.05) is 7.05 Å². The quantitative estimate of drug-likeness (QED) is 0.903. The van der Waals surface area contributed by atoms with Gasteiger partial charge in [-0.2, -0.15) is 0 Å². The number of carbonyl (C=O) groups excluding carboxylic acids is 1. The van der Waals surface area contributed by atoms with E-state index in [2.05, 4.69) is 0 Å². The molecule has 1 aromatic carbocycles. The number of benzene rings is 1. The monoisotopic (exact) mass is 264 g/mol. The van der Waals surface area contributed by atoms with Gasteiger partial charge in [-0.1, -0.05) is 12.1 Å². The van der Waals surface area contributed by atoms with Gasteiger partial charge in [0.15, 0.2) is 0 Å². The number of nitrogens with two attached hydrogens (primary N) is 1. The number of rotatable bonds is 4. The van der Waals surface area contributed by atoms with Gasteiger partial charge in [-0.05, 0) is 43.4 Å². The summed E-state index contributed by atoms with van der Waals surface area (Å²) < 4.78 is 12.8. The van der Waals surface area contributed by atoms with Crippen molar-refractivity contribution in [1.29, 1.82) is 0 Å². The van der Waals surface area contributed by atoms with Crippen LogP contribution in [0.5, 0.6) is 0 Å². The molecule has 1 aliphatic rings. The van der Waals surface area contributed by atoms with Gasteiger partial charge in [0.25, 0.3) is 0 Å². The van der Waals surface area contributed by atoms with Crippen LogP contribution in [-0.2, 0) is 11.2 Å². The fraction of sp³-hybridized carbons (Fsp3) is 0.533. The molecule has 2 unspecified atom stereocenters. The van der Waals surface area contributed by atoms with E-state index in [4.69, 9.17) is 5.73 Å². The maximum absolute atomic E-state index is 12.8. The molecule has 104 valence electrons. The molecule has 0 saturated heterocycles. The third-order valence-corrected chi connectivity index (χ3v) is 3.85. The molecule has 2 atom stereocenters. The largest absolute Gasteiger partial charge is 0.345 e. The minimum Gasteiger partial charge on any atom is -0.345 e. The van der Waals surface area contributed by atoms with Gasteiger partial charge in [0.1, 0.15) is 5.82 Å². The second kappa shape index (κ2) is 6.15. The zero-order valence-corrected chi connectivity index (χ0v) is 11.3. The molecule has 1 fully saturated rings. The third-order valence-electron chi connectivity index (χ3n) is 3.85. The third kappa shape index (κ3) is 3.77. The molecule has 0 aromatic heterocycles. The van der Waals surface area contributed by atoms with E-state index in [9.17, 15) is 9.18 Å². The highest BCUT2D eigenvalue weighted by molar-refractivity contribution is 5.79. The van der Waals surface area contributed by atoms with Crippen LogP contribution in [0.4, 0.5) is 4.39 Å². The van der Waals surface area contributed by atoms with Crippen LogP contribution in [0.25, 0.3) is 0 Å². The molecule has 4 heteroatoms. The highest BCUT2D eigenvalue weighted by Gasteiger charge is 2.29. The van der Waals surface area contributed by atoms with Crippen molar-refractivity contribution in [2.45, 2.75) is 31.7 Å². The maximum Gasteiger partial charge on any atom is 0.225 e. The summed E-state index contributed by atoms with van der Waals surface area (Å²) in [5, 5.41) is 0. The Kier molecular flexibility index (Phi) is 4.53. The van der Waals surface area contributed by atoms with Gasteiger partial charge in [0, 0.05) is 25.6 Å². The molecule has 0 aliphatic heterocycles. The van der Waals surface area contributed by atoms with Crippen molar-refractivity contribution in [2.24, 2.45) is 11.7 Å². The molecule has 1 amide bonds. The molecule has 1 saturated carbocycles. The lowest BCUT2D eigenvalue weighted by molar-refractivity contribution is -0.134. The lowest BCUT2D eigenvalue weighted by Gasteiger charge is -2.21. The molecule has 3 nitrogen and oxygen atoms in total. The van der Waals surface area contributed by atoms with E-state index < -0.39 is 0 Å². The number of halogens is 1. The summed E-state index contributed by atoms with van der Waals surface area (Å²) in [4.78, 5) is 13.9. The SMILES string of the molecule is CN(CCc1ccc(F)cc1)C(=O)C1CCC(N)C1. The fourth-order valence-corrected chi connectivity index (χ4v) is 2.61. The molecular formula is C15H21FN2O. The number of carbonyl (C=O) groups is 1. The summed E-state index contributed by atoms with van der Waals surface area (Å²) in [5.74, 6) is 0.0522. The second-order valence-corrected chi connectivity index (χ2v) is 5.41. The zero-order valence-electron chi connectivity index (χ0n) is 11.3. The summed E-state index contributed by atoms with van der Waals surface area (Å²) in [7, 11) is 1.83. The van der Waals surface area contributed by atoms with Crippen LogP contribution in [0, 0.1) is 11.7 Å². The molecular weight excluding hydrogens is 243 g/mol. The molecule has 0 bridgehead atoms. The molecule has 0 radical (unpaired) electrons. The second-order valence-electron chi connectivity index (χ2n) is 5.41. The topological polar surface area (TPSA) is 46.3 Å². The van der Waals surface area contributed by atoms with E-state index in [0.717, 1.165) is 31.2 Å². The van der Waals surface area contributed by atoms with Crippen molar-refractivity contribution in [1.82, 2.24) is 4.90 Å². The van der Waals surface area contributed by atoms with Crippen LogP contribution >= 0.6 is 0 Å². The zero-order chi connectivity index (χ0) is 13.8. The Labute approximate surface area is 113 Å². The Morgan fingerprint density at radius 3 is 2.63 bits per heavy atom. The normalized spacial score (nSPS) is 22.5. The first-order valence-electron chi connectivity index (χ1n) is 6.81. The van der Waals surface area contributed by atoms with Crippen molar-refractivity contribution < 1.29 is 9.18 Å². The average molecular weight is 264 g/mol. The Balaban J connectivity index is 1.82. The lowest BCUT2D eigenvalue weighted by atomic mass is 10.1. The van der Waals surface area contributed by atoms with Gasteiger partial charge >= 0.3 is 0 Å². The van der Waals surface area contributed by atoms with Gasteiger partial charge in [0.05, 0.1) is 0 Å². The first kappa shape index (κ1) is 14.0. The van der Waals surface area contributed by atoms with Crippen molar-refractivity contribution in [2.75, 3.05) is 13.6 Å². The van der Waals surface area contributed by atoms with Crippen LogP contribution in [0.15, 0.2) is 24.3 Å². The van der Waals surface area contributed by atoms with E-state index in [0.29, 0.717) is 6.54 Å². The summed E-state index contributed by atoms with van der Waals surface area (Å²) in [5.41, 5.74) is 6.88. The van der Waals surface area contributed by atoms with Crippen molar-refractivity contribution >= 4 is 5.91 Å². The van der Waals surface area contributed by atoms with Gasteiger partial charge in [0.2, 0.25) is 5.91 Å². The summed E-state index contributed by atoms with van der Waals surface area (Å²) in [6, 6.07) is 6.61. The molecule has 2 N–H and O–H groups in total. The highest BCUT2D eigenvalue weighted by Crippen LogP contribution is 2.25. The number of amides is 1. The lowest BCUT2D eigenvalue weighted by Crippen LogP contribution is -2.34. The Hall–Kier alpha value is -1.42. The van der Waals surface area contributed by atoms with Crippen molar-refractivity contribution in [3.63, 3.8) is 0 Å². The Morgan fingerprint density at radius 1 is 1.37 bits per heavy atom. The minimum absolute atomic E-state index is 0.0909. The number of likely N-dealkylation sites (N-methyl/N-ethyl adjacent to an activating group) is 1. The fourth-order valence-electron chi connectivity index (χ4n) is 2.61. The summed E-state index contributed by atoms with van der Waals surface area (Å²) in [6.07, 6.45) is 3.41. The number of nitrogens with zero attached hydrogens (tertiary/aromatic N) is 1. The van der Waals surface area contributed by atoms with E-state index in [1.165, 1.54) is 12.1 Å². The molecule has 1 aliphatic carbocycles. The van der Waals surface area contributed by atoms with Crippen LogP contribution in [-0.4, -0.2) is 30.4 Å². The van der Waals surface area contributed by atoms with Crippen LogP contribution in [0.3, 0.4) is 0 Å². The predicted octanol–water partition coefficient (Wildman–Crippen LogP) is 1.95. The standard InChI is InChI=1S/C15H21FN2O/c1-18(15(19)12-4-7-14(17)10-12)9-8-11-2-5-13(16)6-3-11/h2-3,5-6,12,14H,4,7-10,17H2,1H3. The average Bonchev–Trinajstić information content (AvgIpc) is 2.83. The van der Waals surface area contributed by atoms with Gasteiger partial charge in [-0.15, -0.1) is 0 Å². The van der Waals surface area contributed by atoms with E-state index in [-0.39, 0.29) is 23.7 Å². The van der Waals surface area contributed by atoms with Crippen LogP contribution < -0.4 is 5.73 Å². The Bertz CT molecular complexity index is 432. The van der Waals surface area contributed by atoms with Crippen LogP contribution in [0.1, 0.15) is 24.8 Å². The maximum atomic E-state index is 12.8. The molecule has 0 heterocycles. The number of hydrogen-bond acceptors (Lipinski definition) is 2. The molecule has 0 spiro atoms. The minimum atomic E-state index is -0.229. The van der Waals surface area contributed by atoms with Crippen molar-refractivity contribution in [3.8, 4) is 0 Å². The van der Waals surface area contributed by atoms with Gasteiger partial charge in [-0.25, -0.2) is 4.39 Å². The van der Waals surface area contributed by atoms with E-state index >= 15 is 0 Å². The molecule has 19 heavy (non-hydrogen) atoms. The predicted molar refractivity (Wildman–Crippen MR) is 73.1 cm³/mol. The number of hydrogen-bond donors (Lipinski definition) is 1. The highest BCUT2D eigenvalue weighted by atomic mass is 19.1. The first-order valence-corrected chi connectivity index (χ1v) is 6.81. The molecule has 2 rings (SSSR count). The molecule has 1 aromatic rings. The summed E-state index contributed by atoms with van der Waals surface area (Å²) >= 11 is 0. The first-order chi connectivity index (χ1) is 9.06. The summed E-state index contributed by atoms with van der Waals surface area (Å²) in [6.45, 7) is 0.663. The smallest absolute Gasteiger partial charge is 0.225 e. The Morgan fingerprint density at radius 2 is 2.05 bits per heavy atom. The van der Waals surface area contributed by atoms with Gasteiger partial charge in [-0.3, -0.25) is 4.79 Å².